The molecular weight excluding hydrogens is 316 g/mol. The molecule has 0 unspecified atom stereocenters. The van der Waals surface area contributed by atoms with E-state index in [1.54, 1.807) is 13.8 Å². The second-order valence-electron chi connectivity index (χ2n) is 4.52. The van der Waals surface area contributed by atoms with Crippen molar-refractivity contribution in [2.24, 2.45) is 0 Å². The van der Waals surface area contributed by atoms with Crippen molar-refractivity contribution < 1.29 is 17.9 Å². The number of carbonyl (C=O) groups is 1. The first-order valence-corrected chi connectivity index (χ1v) is 8.19. The number of rotatable bonds is 6. The second-order valence-corrected chi connectivity index (χ2v) is 6.94. The van der Waals surface area contributed by atoms with E-state index in [0.29, 0.717) is 10.6 Å². The fraction of sp³-hybridized carbons (Fsp3) is 0.462. The van der Waals surface area contributed by atoms with Crippen molar-refractivity contribution >= 4 is 33.3 Å². The standard InChI is InChI=1S/C13H19ClN2O4S/c1-4-20-13(17)5-6-16(3)21(18,19)12-8-11(15)10(14)7-9(12)2/h7-8H,4-6,15H2,1-3H3. The lowest BCUT2D eigenvalue weighted by Crippen LogP contribution is -2.30. The first-order chi connectivity index (χ1) is 9.70. The first-order valence-electron chi connectivity index (χ1n) is 6.37. The van der Waals surface area contributed by atoms with Gasteiger partial charge in [-0.15, -0.1) is 0 Å². The van der Waals surface area contributed by atoms with E-state index in [1.807, 2.05) is 0 Å². The van der Waals surface area contributed by atoms with E-state index in [0.717, 1.165) is 4.31 Å². The molecular formula is C13H19ClN2O4S. The Morgan fingerprint density at radius 2 is 2.05 bits per heavy atom. The van der Waals surface area contributed by atoms with Gasteiger partial charge in [-0.1, -0.05) is 11.6 Å². The highest BCUT2D eigenvalue weighted by molar-refractivity contribution is 7.89. The summed E-state index contributed by atoms with van der Waals surface area (Å²) < 4.78 is 30.8. The molecule has 1 aromatic rings. The van der Waals surface area contributed by atoms with Crippen LogP contribution in [-0.2, 0) is 19.6 Å². The second kappa shape index (κ2) is 7.11. The third-order valence-corrected chi connectivity index (χ3v) is 5.24. The number of nitrogens with two attached hydrogens (primary N) is 1. The van der Waals surface area contributed by atoms with Crippen LogP contribution in [0.25, 0.3) is 0 Å². The highest BCUT2D eigenvalue weighted by Crippen LogP contribution is 2.27. The van der Waals surface area contributed by atoms with Crippen LogP contribution in [0.5, 0.6) is 0 Å². The van der Waals surface area contributed by atoms with E-state index in [1.165, 1.54) is 19.2 Å². The van der Waals surface area contributed by atoms with Gasteiger partial charge in [-0.25, -0.2) is 12.7 Å². The van der Waals surface area contributed by atoms with Gasteiger partial charge in [-0.2, -0.15) is 0 Å². The molecule has 0 aliphatic rings. The Kier molecular flexibility index (Phi) is 6.00. The van der Waals surface area contributed by atoms with Crippen LogP contribution in [0.15, 0.2) is 17.0 Å². The number of anilines is 1. The molecule has 0 radical (unpaired) electrons. The Hall–Kier alpha value is -1.31. The van der Waals surface area contributed by atoms with Gasteiger partial charge in [-0.3, -0.25) is 4.79 Å². The van der Waals surface area contributed by atoms with E-state index in [9.17, 15) is 13.2 Å². The summed E-state index contributed by atoms with van der Waals surface area (Å²) in [5.74, 6) is -0.438. The molecule has 0 saturated heterocycles. The number of ether oxygens (including phenoxy) is 1. The van der Waals surface area contributed by atoms with Crippen LogP contribution < -0.4 is 5.73 Å². The minimum Gasteiger partial charge on any atom is -0.466 e. The Labute approximate surface area is 129 Å². The topological polar surface area (TPSA) is 89.7 Å². The number of carbonyl (C=O) groups excluding carboxylic acids is 1. The number of halogens is 1. The van der Waals surface area contributed by atoms with Gasteiger partial charge >= 0.3 is 5.97 Å². The van der Waals surface area contributed by atoms with Gasteiger partial charge in [0.25, 0.3) is 0 Å². The zero-order valence-corrected chi connectivity index (χ0v) is 13.8. The van der Waals surface area contributed by atoms with Crippen LogP contribution in [0.4, 0.5) is 5.69 Å². The van der Waals surface area contributed by atoms with Crippen molar-refractivity contribution in [1.82, 2.24) is 4.31 Å². The molecule has 0 spiro atoms. The van der Waals surface area contributed by atoms with Crippen LogP contribution in [0.1, 0.15) is 18.9 Å². The summed E-state index contributed by atoms with van der Waals surface area (Å²) in [5, 5.41) is 0.306. The molecule has 0 aliphatic heterocycles. The van der Waals surface area contributed by atoms with E-state index in [4.69, 9.17) is 22.1 Å². The molecule has 0 amide bonds. The van der Waals surface area contributed by atoms with Gasteiger partial charge in [-0.05, 0) is 31.5 Å². The zero-order valence-electron chi connectivity index (χ0n) is 12.2. The van der Waals surface area contributed by atoms with Crippen molar-refractivity contribution in [1.29, 1.82) is 0 Å². The third-order valence-electron chi connectivity index (χ3n) is 2.92. The smallest absolute Gasteiger partial charge is 0.307 e. The normalized spacial score (nSPS) is 11.7. The molecule has 0 heterocycles. The number of esters is 1. The van der Waals surface area contributed by atoms with Crippen molar-refractivity contribution in [3.05, 3.63) is 22.7 Å². The molecule has 2 N–H and O–H groups in total. The van der Waals surface area contributed by atoms with Gasteiger partial charge in [0, 0.05) is 13.6 Å². The van der Waals surface area contributed by atoms with Crippen molar-refractivity contribution in [3.8, 4) is 0 Å². The molecule has 1 aromatic carbocycles. The number of hydrogen-bond donors (Lipinski definition) is 1. The maximum Gasteiger partial charge on any atom is 0.307 e. The van der Waals surface area contributed by atoms with Crippen LogP contribution in [0.3, 0.4) is 0 Å². The van der Waals surface area contributed by atoms with Crippen LogP contribution in [0, 0.1) is 6.92 Å². The number of aryl methyl sites for hydroxylation is 1. The summed E-state index contributed by atoms with van der Waals surface area (Å²) in [6.45, 7) is 3.63. The predicted molar refractivity (Wildman–Crippen MR) is 81.7 cm³/mol. The quantitative estimate of drug-likeness (QED) is 0.633. The summed E-state index contributed by atoms with van der Waals surface area (Å²) in [4.78, 5) is 11.4. The summed E-state index contributed by atoms with van der Waals surface area (Å²) in [7, 11) is -2.33. The Morgan fingerprint density at radius 3 is 2.62 bits per heavy atom. The van der Waals surface area contributed by atoms with Crippen LogP contribution in [0.2, 0.25) is 5.02 Å². The number of nitrogens with zero attached hydrogens (tertiary/aromatic N) is 1. The molecule has 21 heavy (non-hydrogen) atoms. The molecule has 0 bridgehead atoms. The summed E-state index contributed by atoms with van der Waals surface area (Å²) >= 11 is 5.86. The fourth-order valence-electron chi connectivity index (χ4n) is 1.72. The van der Waals surface area contributed by atoms with Crippen molar-refractivity contribution in [2.45, 2.75) is 25.2 Å². The minimum atomic E-state index is -3.73. The first kappa shape index (κ1) is 17.7. The van der Waals surface area contributed by atoms with Crippen LogP contribution in [-0.4, -0.2) is 38.9 Å². The Balaban J connectivity index is 2.95. The largest absolute Gasteiger partial charge is 0.466 e. The van der Waals surface area contributed by atoms with Crippen LogP contribution >= 0.6 is 11.6 Å². The average Bonchev–Trinajstić information content (AvgIpc) is 2.40. The monoisotopic (exact) mass is 334 g/mol. The number of nitrogen functional groups attached to an aromatic ring is 1. The van der Waals surface area contributed by atoms with E-state index < -0.39 is 16.0 Å². The molecule has 6 nitrogen and oxygen atoms in total. The molecule has 0 atom stereocenters. The lowest BCUT2D eigenvalue weighted by atomic mass is 10.2. The summed E-state index contributed by atoms with van der Waals surface area (Å²) in [5.41, 5.74) is 6.35. The maximum absolute atomic E-state index is 12.5. The average molecular weight is 335 g/mol. The van der Waals surface area contributed by atoms with Gasteiger partial charge < -0.3 is 10.5 Å². The number of benzene rings is 1. The van der Waals surface area contributed by atoms with Gasteiger partial charge in [0.05, 0.1) is 28.6 Å². The summed E-state index contributed by atoms with van der Waals surface area (Å²) in [6.07, 6.45) is -0.00824. The maximum atomic E-state index is 12.5. The fourth-order valence-corrected chi connectivity index (χ4v) is 3.34. The zero-order chi connectivity index (χ0) is 16.2. The third kappa shape index (κ3) is 4.33. The lowest BCUT2D eigenvalue weighted by Gasteiger charge is -2.18. The van der Waals surface area contributed by atoms with Gasteiger partial charge in [0.1, 0.15) is 0 Å². The SMILES string of the molecule is CCOC(=O)CCN(C)S(=O)(=O)c1cc(N)c(Cl)cc1C. The molecule has 1 rings (SSSR count). The number of hydrogen-bond acceptors (Lipinski definition) is 5. The predicted octanol–water partition coefficient (Wildman–Crippen LogP) is 1.80. The minimum absolute atomic E-state index is 0.00824. The molecule has 0 saturated carbocycles. The van der Waals surface area contributed by atoms with E-state index in [-0.39, 0.29) is 30.2 Å². The van der Waals surface area contributed by atoms with Gasteiger partial charge in [0.2, 0.25) is 10.0 Å². The highest BCUT2D eigenvalue weighted by Gasteiger charge is 2.24. The van der Waals surface area contributed by atoms with Crippen molar-refractivity contribution in [3.63, 3.8) is 0 Å². The Bertz CT molecular complexity index is 631. The molecule has 0 aliphatic carbocycles. The molecule has 0 fully saturated rings. The van der Waals surface area contributed by atoms with E-state index >= 15 is 0 Å². The highest BCUT2D eigenvalue weighted by atomic mass is 35.5. The van der Waals surface area contributed by atoms with Crippen molar-refractivity contribution in [2.75, 3.05) is 25.9 Å². The van der Waals surface area contributed by atoms with E-state index in [2.05, 4.69) is 0 Å². The molecule has 118 valence electrons. The molecule has 8 heteroatoms. The van der Waals surface area contributed by atoms with Gasteiger partial charge in [0.15, 0.2) is 0 Å². The Morgan fingerprint density at radius 1 is 1.43 bits per heavy atom. The lowest BCUT2D eigenvalue weighted by molar-refractivity contribution is -0.143. The molecule has 0 aromatic heterocycles. The number of sulfonamides is 1. The summed E-state index contributed by atoms with van der Waals surface area (Å²) in [6, 6.07) is 2.83.